The van der Waals surface area contributed by atoms with Gasteiger partial charge in [-0.05, 0) is 37.1 Å². The Kier molecular flexibility index (Phi) is 3.55. The molecule has 4 rings (SSSR count). The molecule has 22 heavy (non-hydrogen) atoms. The number of para-hydroxylation sites is 3. The van der Waals surface area contributed by atoms with Crippen LogP contribution in [0.2, 0.25) is 0 Å². The van der Waals surface area contributed by atoms with Gasteiger partial charge in [0.1, 0.15) is 5.84 Å². The average molecular weight is 291 g/mol. The van der Waals surface area contributed by atoms with Gasteiger partial charge in [0.25, 0.3) is 0 Å². The summed E-state index contributed by atoms with van der Waals surface area (Å²) in [6.45, 7) is 0. The topological polar surface area (TPSA) is 36.4 Å². The van der Waals surface area contributed by atoms with Crippen LogP contribution in [0.1, 0.15) is 37.7 Å². The molecule has 0 bridgehead atoms. The Bertz CT molecular complexity index is 699. The highest BCUT2D eigenvalue weighted by Crippen LogP contribution is 2.32. The number of rotatable bonds is 1. The van der Waals surface area contributed by atoms with Crippen molar-refractivity contribution in [1.29, 1.82) is 0 Å². The minimum absolute atomic E-state index is 0.453. The summed E-state index contributed by atoms with van der Waals surface area (Å²) in [5, 5.41) is 7.08. The molecule has 1 heterocycles. The third-order valence-corrected chi connectivity index (χ3v) is 4.52. The van der Waals surface area contributed by atoms with Crippen molar-refractivity contribution in [2.75, 3.05) is 10.6 Å². The lowest BCUT2D eigenvalue weighted by Gasteiger charge is -2.20. The molecule has 0 radical (unpaired) electrons. The van der Waals surface area contributed by atoms with E-state index in [1.54, 1.807) is 0 Å². The van der Waals surface area contributed by atoms with Crippen molar-refractivity contribution in [1.82, 2.24) is 0 Å². The van der Waals surface area contributed by atoms with E-state index in [4.69, 9.17) is 4.99 Å². The van der Waals surface area contributed by atoms with E-state index < -0.39 is 0 Å². The normalized spacial score (nSPS) is 19.5. The molecule has 3 heteroatoms. The first-order valence-electron chi connectivity index (χ1n) is 8.20. The molecule has 3 nitrogen and oxygen atoms in total. The van der Waals surface area contributed by atoms with Crippen molar-refractivity contribution in [3.05, 3.63) is 54.1 Å². The number of nitrogens with zero attached hydrogens (tertiary/aromatic N) is 1. The fourth-order valence-corrected chi connectivity index (χ4v) is 3.33. The van der Waals surface area contributed by atoms with E-state index in [2.05, 4.69) is 59.2 Å². The zero-order valence-electron chi connectivity index (χ0n) is 12.7. The van der Waals surface area contributed by atoms with Crippen molar-refractivity contribution >= 4 is 22.9 Å². The molecule has 2 aromatic rings. The second kappa shape index (κ2) is 5.84. The van der Waals surface area contributed by atoms with Crippen LogP contribution in [0, 0.1) is 0 Å². The molecule has 0 saturated heterocycles. The van der Waals surface area contributed by atoms with Crippen LogP contribution in [-0.2, 0) is 0 Å². The maximum absolute atomic E-state index is 5.06. The first-order chi connectivity index (χ1) is 10.9. The summed E-state index contributed by atoms with van der Waals surface area (Å²) in [5.74, 6) is 1.000. The van der Waals surface area contributed by atoms with E-state index in [0.29, 0.717) is 6.04 Å². The van der Waals surface area contributed by atoms with E-state index in [0.717, 1.165) is 28.5 Å². The van der Waals surface area contributed by atoms with Gasteiger partial charge < -0.3 is 10.6 Å². The van der Waals surface area contributed by atoms with E-state index in [9.17, 15) is 0 Å². The van der Waals surface area contributed by atoms with Crippen LogP contribution in [0.5, 0.6) is 0 Å². The molecule has 2 N–H and O–H groups in total. The molecule has 0 unspecified atom stereocenters. The molecule has 2 aliphatic rings. The standard InChI is InChI=1S/C19H21N3/c1-2-8-14(9-3-1)20-19-15-10-4-5-11-16(15)21-17-12-6-7-13-18(17)22-19/h4-7,10-14,21H,1-3,8-9H2,(H,20,22). The van der Waals surface area contributed by atoms with Gasteiger partial charge in [0.05, 0.1) is 17.4 Å². The Morgan fingerprint density at radius 2 is 1.36 bits per heavy atom. The molecule has 0 spiro atoms. The zero-order valence-corrected chi connectivity index (χ0v) is 12.7. The molecule has 1 saturated carbocycles. The number of benzene rings is 2. The molecule has 1 fully saturated rings. The first-order valence-corrected chi connectivity index (χ1v) is 8.20. The maximum Gasteiger partial charge on any atom is 0.135 e. The number of aliphatic imine (C=N–C) groups is 1. The van der Waals surface area contributed by atoms with Crippen molar-refractivity contribution in [2.24, 2.45) is 4.99 Å². The van der Waals surface area contributed by atoms with Crippen LogP contribution in [0.4, 0.5) is 17.1 Å². The van der Waals surface area contributed by atoms with Crippen LogP contribution in [0.3, 0.4) is 0 Å². The van der Waals surface area contributed by atoms with Crippen LogP contribution in [0.25, 0.3) is 0 Å². The first kappa shape index (κ1) is 13.4. The van der Waals surface area contributed by atoms with E-state index in [1.807, 2.05) is 0 Å². The number of amidine groups is 1. The van der Waals surface area contributed by atoms with E-state index in [-0.39, 0.29) is 0 Å². The quantitative estimate of drug-likeness (QED) is 0.781. The SMILES string of the molecule is c1ccc2c(c1)NC(=NC1CCCCC1)c1ccccc1N2. The zero-order chi connectivity index (χ0) is 14.8. The summed E-state index contributed by atoms with van der Waals surface area (Å²) in [4.78, 5) is 5.06. The van der Waals surface area contributed by atoms with Crippen LogP contribution in [0.15, 0.2) is 53.5 Å². The van der Waals surface area contributed by atoms with Gasteiger partial charge in [0.2, 0.25) is 0 Å². The summed E-state index contributed by atoms with van der Waals surface area (Å²) in [6.07, 6.45) is 6.39. The lowest BCUT2D eigenvalue weighted by molar-refractivity contribution is 0.443. The molecule has 1 aliphatic heterocycles. The average Bonchev–Trinajstić information content (AvgIpc) is 2.72. The summed E-state index contributed by atoms with van der Waals surface area (Å²) in [5.41, 5.74) is 4.47. The minimum Gasteiger partial charge on any atom is -0.353 e. The predicted octanol–water partition coefficient (Wildman–Crippen LogP) is 4.94. The van der Waals surface area contributed by atoms with Gasteiger partial charge in [-0.3, -0.25) is 4.99 Å². The molecule has 2 aromatic carbocycles. The van der Waals surface area contributed by atoms with E-state index >= 15 is 0 Å². The Labute approximate surface area is 131 Å². The summed E-state index contributed by atoms with van der Waals surface area (Å²) < 4.78 is 0. The minimum atomic E-state index is 0.453. The van der Waals surface area contributed by atoms with Gasteiger partial charge in [0.15, 0.2) is 0 Å². The molecule has 0 amide bonds. The Morgan fingerprint density at radius 1 is 0.727 bits per heavy atom. The highest BCUT2D eigenvalue weighted by Gasteiger charge is 2.19. The second-order valence-corrected chi connectivity index (χ2v) is 6.11. The Hall–Kier alpha value is -2.29. The molecular formula is C19H21N3. The third-order valence-electron chi connectivity index (χ3n) is 4.52. The largest absolute Gasteiger partial charge is 0.353 e. The lowest BCUT2D eigenvalue weighted by Crippen LogP contribution is -2.19. The maximum atomic E-state index is 5.06. The van der Waals surface area contributed by atoms with Gasteiger partial charge in [0, 0.05) is 11.3 Å². The lowest BCUT2D eigenvalue weighted by atomic mass is 9.96. The Balaban J connectivity index is 1.77. The van der Waals surface area contributed by atoms with E-state index in [1.165, 1.54) is 32.1 Å². The third kappa shape index (κ3) is 2.59. The summed E-state index contributed by atoms with van der Waals surface area (Å²) >= 11 is 0. The van der Waals surface area contributed by atoms with Gasteiger partial charge in [-0.15, -0.1) is 0 Å². The number of nitrogens with one attached hydrogen (secondary N) is 2. The highest BCUT2D eigenvalue weighted by atomic mass is 15.1. The smallest absolute Gasteiger partial charge is 0.135 e. The number of anilines is 3. The number of hydrogen-bond donors (Lipinski definition) is 2. The van der Waals surface area contributed by atoms with Crippen molar-refractivity contribution < 1.29 is 0 Å². The predicted molar refractivity (Wildman–Crippen MR) is 93.2 cm³/mol. The number of hydrogen-bond acceptors (Lipinski definition) is 2. The fraction of sp³-hybridized carbons (Fsp3) is 0.316. The molecule has 0 aromatic heterocycles. The molecule has 0 atom stereocenters. The van der Waals surface area contributed by atoms with Gasteiger partial charge >= 0.3 is 0 Å². The van der Waals surface area contributed by atoms with Crippen molar-refractivity contribution in [2.45, 2.75) is 38.1 Å². The van der Waals surface area contributed by atoms with Gasteiger partial charge in [-0.2, -0.15) is 0 Å². The van der Waals surface area contributed by atoms with Crippen LogP contribution >= 0.6 is 0 Å². The number of fused-ring (bicyclic) bond motifs is 2. The highest BCUT2D eigenvalue weighted by molar-refractivity contribution is 6.15. The van der Waals surface area contributed by atoms with Gasteiger partial charge in [-0.1, -0.05) is 43.5 Å². The second-order valence-electron chi connectivity index (χ2n) is 6.11. The summed E-state index contributed by atoms with van der Waals surface area (Å²) in [6, 6.07) is 17.2. The molecular weight excluding hydrogens is 270 g/mol. The van der Waals surface area contributed by atoms with Crippen molar-refractivity contribution in [3.8, 4) is 0 Å². The molecule has 1 aliphatic carbocycles. The Morgan fingerprint density at radius 3 is 2.14 bits per heavy atom. The van der Waals surface area contributed by atoms with Crippen molar-refractivity contribution in [3.63, 3.8) is 0 Å². The summed E-state index contributed by atoms with van der Waals surface area (Å²) in [7, 11) is 0. The van der Waals surface area contributed by atoms with Crippen LogP contribution < -0.4 is 10.6 Å². The fourth-order valence-electron chi connectivity index (χ4n) is 3.33. The van der Waals surface area contributed by atoms with Crippen LogP contribution in [-0.4, -0.2) is 11.9 Å². The van der Waals surface area contributed by atoms with Gasteiger partial charge in [-0.25, -0.2) is 0 Å². The molecule has 112 valence electrons. The monoisotopic (exact) mass is 291 g/mol.